The van der Waals surface area contributed by atoms with Crippen molar-refractivity contribution in [2.24, 2.45) is 5.73 Å². The normalized spacial score (nSPS) is 12.6. The summed E-state index contributed by atoms with van der Waals surface area (Å²) in [5.41, 5.74) is 6.99. The highest BCUT2D eigenvalue weighted by atomic mass is 32.2. The van der Waals surface area contributed by atoms with E-state index < -0.39 is 6.04 Å². The SMILES string of the molecule is COC(=O)C(N)CSCc1csc2ccccc12. The molecule has 2 N–H and O–H groups in total. The summed E-state index contributed by atoms with van der Waals surface area (Å²) in [6.07, 6.45) is 0. The molecule has 1 atom stereocenters. The quantitative estimate of drug-likeness (QED) is 0.856. The number of hydrogen-bond donors (Lipinski definition) is 1. The van der Waals surface area contributed by atoms with Gasteiger partial charge in [0.1, 0.15) is 6.04 Å². The van der Waals surface area contributed by atoms with Gasteiger partial charge in [0, 0.05) is 16.2 Å². The zero-order valence-corrected chi connectivity index (χ0v) is 11.7. The van der Waals surface area contributed by atoms with Gasteiger partial charge in [-0.2, -0.15) is 11.8 Å². The van der Waals surface area contributed by atoms with Crippen LogP contribution in [0.5, 0.6) is 0 Å². The molecule has 0 saturated carbocycles. The molecule has 1 unspecified atom stereocenters. The lowest BCUT2D eigenvalue weighted by molar-refractivity contribution is -0.141. The Labute approximate surface area is 114 Å². The number of carbonyl (C=O) groups is 1. The number of nitrogens with two attached hydrogens (primary N) is 1. The number of fused-ring (bicyclic) bond motifs is 1. The minimum atomic E-state index is -0.537. The summed E-state index contributed by atoms with van der Waals surface area (Å²) in [7, 11) is 1.36. The minimum Gasteiger partial charge on any atom is -0.468 e. The summed E-state index contributed by atoms with van der Waals surface area (Å²) in [4.78, 5) is 11.2. The van der Waals surface area contributed by atoms with Crippen LogP contribution in [0, 0.1) is 0 Å². The van der Waals surface area contributed by atoms with Crippen LogP contribution in [0.2, 0.25) is 0 Å². The molecule has 0 spiro atoms. The first kappa shape index (κ1) is 13.4. The highest BCUT2D eigenvalue weighted by Gasteiger charge is 2.13. The zero-order chi connectivity index (χ0) is 13.0. The fraction of sp³-hybridized carbons (Fsp3) is 0.308. The molecule has 96 valence electrons. The number of thioether (sulfide) groups is 1. The molecule has 1 aromatic carbocycles. The van der Waals surface area contributed by atoms with Crippen molar-refractivity contribution in [3.63, 3.8) is 0 Å². The van der Waals surface area contributed by atoms with Gasteiger partial charge in [-0.3, -0.25) is 4.79 Å². The first-order chi connectivity index (χ1) is 8.72. The van der Waals surface area contributed by atoms with E-state index in [1.54, 1.807) is 23.1 Å². The summed E-state index contributed by atoms with van der Waals surface area (Å²) in [6, 6.07) is 7.80. The van der Waals surface area contributed by atoms with Gasteiger partial charge >= 0.3 is 5.97 Å². The summed E-state index contributed by atoms with van der Waals surface area (Å²) in [6.45, 7) is 0. The van der Waals surface area contributed by atoms with Crippen LogP contribution in [-0.4, -0.2) is 24.9 Å². The van der Waals surface area contributed by atoms with Gasteiger partial charge < -0.3 is 10.5 Å². The van der Waals surface area contributed by atoms with Gasteiger partial charge in [-0.1, -0.05) is 18.2 Å². The van der Waals surface area contributed by atoms with Crippen LogP contribution >= 0.6 is 23.1 Å². The molecule has 0 aliphatic carbocycles. The van der Waals surface area contributed by atoms with Crippen molar-refractivity contribution in [3.05, 3.63) is 35.2 Å². The van der Waals surface area contributed by atoms with E-state index in [1.807, 2.05) is 12.1 Å². The van der Waals surface area contributed by atoms with Gasteiger partial charge in [0.25, 0.3) is 0 Å². The molecule has 0 amide bonds. The Balaban J connectivity index is 1.93. The highest BCUT2D eigenvalue weighted by Crippen LogP contribution is 2.28. The number of ether oxygens (including phenoxy) is 1. The molecule has 0 aliphatic heterocycles. The molecule has 0 bridgehead atoms. The maximum absolute atomic E-state index is 11.2. The predicted octanol–water partition coefficient (Wildman–Crippen LogP) is 2.63. The molecule has 1 heterocycles. The molecule has 2 aromatic rings. The average Bonchev–Trinajstić information content (AvgIpc) is 2.81. The predicted molar refractivity (Wildman–Crippen MR) is 78.0 cm³/mol. The first-order valence-electron chi connectivity index (χ1n) is 5.58. The van der Waals surface area contributed by atoms with Gasteiger partial charge in [0.15, 0.2) is 0 Å². The fourth-order valence-electron chi connectivity index (χ4n) is 1.66. The van der Waals surface area contributed by atoms with Crippen molar-refractivity contribution in [2.45, 2.75) is 11.8 Å². The number of rotatable bonds is 5. The van der Waals surface area contributed by atoms with Gasteiger partial charge in [0.05, 0.1) is 7.11 Å². The molecule has 0 fully saturated rings. The number of benzene rings is 1. The summed E-state index contributed by atoms with van der Waals surface area (Å²) >= 11 is 3.41. The first-order valence-corrected chi connectivity index (χ1v) is 7.62. The van der Waals surface area contributed by atoms with Crippen molar-refractivity contribution in [3.8, 4) is 0 Å². The second kappa shape index (κ2) is 6.22. The second-order valence-electron chi connectivity index (χ2n) is 3.90. The molecular formula is C13H15NO2S2. The van der Waals surface area contributed by atoms with E-state index >= 15 is 0 Å². The van der Waals surface area contributed by atoms with E-state index in [1.165, 1.54) is 22.8 Å². The van der Waals surface area contributed by atoms with Gasteiger partial charge in [-0.15, -0.1) is 11.3 Å². The van der Waals surface area contributed by atoms with Crippen molar-refractivity contribution in [2.75, 3.05) is 12.9 Å². The van der Waals surface area contributed by atoms with Crippen LogP contribution in [0.25, 0.3) is 10.1 Å². The third-order valence-corrected chi connectivity index (χ3v) is 4.74. The molecule has 0 aliphatic rings. The molecule has 2 rings (SSSR count). The number of hydrogen-bond acceptors (Lipinski definition) is 5. The van der Waals surface area contributed by atoms with Crippen LogP contribution in [-0.2, 0) is 15.3 Å². The Kier molecular flexibility index (Phi) is 4.63. The number of esters is 1. The van der Waals surface area contributed by atoms with Gasteiger partial charge in [0.2, 0.25) is 0 Å². The zero-order valence-electron chi connectivity index (χ0n) is 10.1. The minimum absolute atomic E-state index is 0.349. The van der Waals surface area contributed by atoms with Crippen LogP contribution in [0.1, 0.15) is 5.56 Å². The molecule has 0 saturated heterocycles. The van der Waals surface area contributed by atoms with E-state index in [4.69, 9.17) is 5.73 Å². The summed E-state index contributed by atoms with van der Waals surface area (Å²) in [5, 5.41) is 3.46. The van der Waals surface area contributed by atoms with Gasteiger partial charge in [-0.25, -0.2) is 0 Å². The average molecular weight is 281 g/mol. The van der Waals surface area contributed by atoms with Crippen molar-refractivity contribution in [1.82, 2.24) is 0 Å². The second-order valence-corrected chi connectivity index (χ2v) is 5.84. The Morgan fingerprint density at radius 3 is 3.06 bits per heavy atom. The molecular weight excluding hydrogens is 266 g/mol. The van der Waals surface area contributed by atoms with Crippen molar-refractivity contribution >= 4 is 39.2 Å². The van der Waals surface area contributed by atoms with Crippen LogP contribution in [0.4, 0.5) is 0 Å². The van der Waals surface area contributed by atoms with E-state index in [9.17, 15) is 4.79 Å². The van der Waals surface area contributed by atoms with Gasteiger partial charge in [-0.05, 0) is 22.4 Å². The molecule has 18 heavy (non-hydrogen) atoms. The maximum atomic E-state index is 11.2. The number of methoxy groups -OCH3 is 1. The van der Waals surface area contributed by atoms with Crippen molar-refractivity contribution in [1.29, 1.82) is 0 Å². The van der Waals surface area contributed by atoms with Crippen LogP contribution in [0.3, 0.4) is 0 Å². The molecule has 5 heteroatoms. The number of thiophene rings is 1. The van der Waals surface area contributed by atoms with Crippen LogP contribution < -0.4 is 5.73 Å². The Morgan fingerprint density at radius 1 is 1.50 bits per heavy atom. The van der Waals surface area contributed by atoms with E-state index in [0.717, 1.165) is 5.75 Å². The standard InChI is InChI=1S/C13H15NO2S2/c1-16-13(15)11(14)8-17-6-9-7-18-12-5-3-2-4-10(9)12/h2-5,7,11H,6,8,14H2,1H3. The smallest absolute Gasteiger partial charge is 0.323 e. The Hall–Kier alpha value is -1.04. The summed E-state index contributed by atoms with van der Waals surface area (Å²) < 4.78 is 5.89. The summed E-state index contributed by atoms with van der Waals surface area (Å²) in [5.74, 6) is 1.10. The lowest BCUT2D eigenvalue weighted by Gasteiger charge is -2.08. The molecule has 3 nitrogen and oxygen atoms in total. The topological polar surface area (TPSA) is 52.3 Å². The third kappa shape index (κ3) is 3.04. The van der Waals surface area contributed by atoms with E-state index in [-0.39, 0.29) is 5.97 Å². The van der Waals surface area contributed by atoms with E-state index in [2.05, 4.69) is 22.2 Å². The lowest BCUT2D eigenvalue weighted by Crippen LogP contribution is -2.33. The Bertz CT molecular complexity index is 539. The van der Waals surface area contributed by atoms with E-state index in [0.29, 0.717) is 5.75 Å². The lowest BCUT2D eigenvalue weighted by atomic mass is 10.2. The fourth-order valence-corrected chi connectivity index (χ4v) is 3.69. The molecule has 0 radical (unpaired) electrons. The largest absolute Gasteiger partial charge is 0.468 e. The highest BCUT2D eigenvalue weighted by molar-refractivity contribution is 7.98. The Morgan fingerprint density at radius 2 is 2.28 bits per heavy atom. The van der Waals surface area contributed by atoms with Crippen LogP contribution in [0.15, 0.2) is 29.6 Å². The monoisotopic (exact) mass is 281 g/mol. The molecule has 1 aromatic heterocycles. The maximum Gasteiger partial charge on any atom is 0.323 e. The van der Waals surface area contributed by atoms with Crippen molar-refractivity contribution < 1.29 is 9.53 Å². The third-order valence-electron chi connectivity index (χ3n) is 2.62. The number of carbonyl (C=O) groups excluding carboxylic acids is 1.